The number of hydrogen-bond acceptors (Lipinski definition) is 3. The van der Waals surface area contributed by atoms with Crippen LogP contribution in [0.4, 0.5) is 0 Å². The van der Waals surface area contributed by atoms with Gasteiger partial charge in [0.1, 0.15) is 5.41 Å². The van der Waals surface area contributed by atoms with Gasteiger partial charge in [-0.3, -0.25) is 9.59 Å². The standard InChI is InChI=1S/C13H18O3/c1-2-16-12(15)13-8-4-3-5-10(9-13)6-7-11(13)14/h3-4,10H,2,5-9H2,1H3/t10-,13-/m0/s1. The fourth-order valence-corrected chi connectivity index (χ4v) is 2.80. The first-order chi connectivity index (χ1) is 7.69. The Labute approximate surface area is 95.9 Å². The summed E-state index contributed by atoms with van der Waals surface area (Å²) in [6.07, 6.45) is 7.73. The van der Waals surface area contributed by atoms with Crippen molar-refractivity contribution in [2.24, 2.45) is 11.3 Å². The maximum absolute atomic E-state index is 12.1. The zero-order chi connectivity index (χ0) is 11.6. The molecule has 0 amide bonds. The van der Waals surface area contributed by atoms with Crippen LogP contribution in [0.2, 0.25) is 0 Å². The summed E-state index contributed by atoms with van der Waals surface area (Å²) in [6.45, 7) is 2.13. The first-order valence-corrected chi connectivity index (χ1v) is 6.04. The molecule has 0 saturated heterocycles. The number of Topliss-reactive ketones (excluding diaryl/α,β-unsaturated/α-hetero) is 1. The second kappa shape index (κ2) is 4.40. The van der Waals surface area contributed by atoms with Crippen molar-refractivity contribution in [3.05, 3.63) is 12.2 Å². The molecule has 2 atom stereocenters. The number of carbonyl (C=O) groups excluding carboxylic acids is 2. The van der Waals surface area contributed by atoms with Gasteiger partial charge in [-0.2, -0.15) is 0 Å². The SMILES string of the molecule is CCOC(=O)[C@]12CC=CC[C@@H](CCC1=O)C2. The van der Waals surface area contributed by atoms with Crippen molar-refractivity contribution < 1.29 is 14.3 Å². The van der Waals surface area contributed by atoms with Crippen LogP contribution in [-0.2, 0) is 14.3 Å². The largest absolute Gasteiger partial charge is 0.465 e. The molecule has 0 aromatic carbocycles. The molecule has 2 rings (SSSR count). The van der Waals surface area contributed by atoms with Gasteiger partial charge in [0, 0.05) is 6.42 Å². The minimum absolute atomic E-state index is 0.0775. The Morgan fingerprint density at radius 3 is 3.12 bits per heavy atom. The van der Waals surface area contributed by atoms with Gasteiger partial charge in [0.15, 0.2) is 5.78 Å². The van der Waals surface area contributed by atoms with Crippen molar-refractivity contribution in [1.29, 1.82) is 0 Å². The highest BCUT2D eigenvalue weighted by atomic mass is 16.5. The lowest BCUT2D eigenvalue weighted by molar-refractivity contribution is -0.163. The molecule has 3 heteroatoms. The van der Waals surface area contributed by atoms with Crippen molar-refractivity contribution in [3.8, 4) is 0 Å². The van der Waals surface area contributed by atoms with E-state index in [0.29, 0.717) is 31.8 Å². The molecule has 0 N–H and O–H groups in total. The summed E-state index contributed by atoms with van der Waals surface area (Å²) in [6, 6.07) is 0. The fraction of sp³-hybridized carbons (Fsp3) is 0.692. The summed E-state index contributed by atoms with van der Waals surface area (Å²) in [7, 11) is 0. The van der Waals surface area contributed by atoms with Crippen LogP contribution in [0.25, 0.3) is 0 Å². The lowest BCUT2D eigenvalue weighted by atomic mass is 9.67. The molecule has 0 spiro atoms. The summed E-state index contributed by atoms with van der Waals surface area (Å²) in [5.74, 6) is 0.242. The second-order valence-electron chi connectivity index (χ2n) is 4.75. The molecule has 1 saturated carbocycles. The Morgan fingerprint density at radius 2 is 2.38 bits per heavy atom. The Hall–Kier alpha value is -1.12. The molecule has 0 heterocycles. The van der Waals surface area contributed by atoms with Crippen LogP contribution < -0.4 is 0 Å². The summed E-state index contributed by atoms with van der Waals surface area (Å²) >= 11 is 0. The first kappa shape index (κ1) is 11.4. The molecule has 3 nitrogen and oxygen atoms in total. The van der Waals surface area contributed by atoms with Gasteiger partial charge in [0.2, 0.25) is 0 Å². The highest BCUT2D eigenvalue weighted by molar-refractivity contribution is 6.04. The number of allylic oxidation sites excluding steroid dienone is 2. The summed E-state index contributed by atoms with van der Waals surface area (Å²) in [5.41, 5.74) is -0.855. The van der Waals surface area contributed by atoms with Gasteiger partial charge in [-0.05, 0) is 38.5 Å². The van der Waals surface area contributed by atoms with Crippen molar-refractivity contribution >= 4 is 11.8 Å². The monoisotopic (exact) mass is 222 g/mol. The Balaban J connectivity index is 2.28. The third-order valence-corrected chi connectivity index (χ3v) is 3.72. The lowest BCUT2D eigenvalue weighted by Gasteiger charge is -2.35. The Bertz CT molecular complexity index is 332. The van der Waals surface area contributed by atoms with E-state index in [0.717, 1.165) is 12.8 Å². The van der Waals surface area contributed by atoms with Gasteiger partial charge < -0.3 is 4.74 Å². The Morgan fingerprint density at radius 1 is 1.56 bits per heavy atom. The molecule has 0 aliphatic heterocycles. The smallest absolute Gasteiger partial charge is 0.319 e. The van der Waals surface area contributed by atoms with Crippen molar-refractivity contribution in [3.63, 3.8) is 0 Å². The number of hydrogen-bond donors (Lipinski definition) is 0. The van der Waals surface area contributed by atoms with Crippen LogP contribution in [0.15, 0.2) is 12.2 Å². The number of esters is 1. The zero-order valence-electron chi connectivity index (χ0n) is 9.70. The van der Waals surface area contributed by atoms with E-state index in [-0.39, 0.29) is 11.8 Å². The maximum atomic E-state index is 12.1. The molecule has 88 valence electrons. The van der Waals surface area contributed by atoms with Crippen LogP contribution in [0.3, 0.4) is 0 Å². The van der Waals surface area contributed by atoms with Crippen molar-refractivity contribution in [2.45, 2.75) is 39.0 Å². The first-order valence-electron chi connectivity index (χ1n) is 6.04. The third-order valence-electron chi connectivity index (χ3n) is 3.72. The average Bonchev–Trinajstić information content (AvgIpc) is 2.45. The van der Waals surface area contributed by atoms with E-state index in [1.54, 1.807) is 6.92 Å². The van der Waals surface area contributed by atoms with E-state index in [4.69, 9.17) is 4.74 Å². The van der Waals surface area contributed by atoms with Gasteiger partial charge in [0.25, 0.3) is 0 Å². The number of ether oxygens (including phenoxy) is 1. The average molecular weight is 222 g/mol. The number of carbonyl (C=O) groups is 2. The van der Waals surface area contributed by atoms with Crippen LogP contribution in [-0.4, -0.2) is 18.4 Å². The van der Waals surface area contributed by atoms with Gasteiger partial charge >= 0.3 is 5.97 Å². The molecule has 0 unspecified atom stereocenters. The summed E-state index contributed by atoms with van der Waals surface area (Å²) < 4.78 is 5.09. The molecule has 16 heavy (non-hydrogen) atoms. The van der Waals surface area contributed by atoms with Crippen molar-refractivity contribution in [2.75, 3.05) is 6.61 Å². The molecule has 0 aromatic heterocycles. The third kappa shape index (κ3) is 1.79. The molecular formula is C13H18O3. The molecule has 2 bridgehead atoms. The summed E-state index contributed by atoms with van der Waals surface area (Å²) in [4.78, 5) is 24.1. The highest BCUT2D eigenvalue weighted by Gasteiger charge is 2.50. The topological polar surface area (TPSA) is 43.4 Å². The highest BCUT2D eigenvalue weighted by Crippen LogP contribution is 2.44. The second-order valence-corrected chi connectivity index (χ2v) is 4.75. The fourth-order valence-electron chi connectivity index (χ4n) is 2.80. The van der Waals surface area contributed by atoms with Gasteiger partial charge in [-0.1, -0.05) is 12.2 Å². The van der Waals surface area contributed by atoms with Crippen LogP contribution in [0.5, 0.6) is 0 Å². The number of fused-ring (bicyclic) bond motifs is 2. The van der Waals surface area contributed by atoms with Gasteiger partial charge in [-0.15, -0.1) is 0 Å². The van der Waals surface area contributed by atoms with Crippen LogP contribution in [0.1, 0.15) is 39.0 Å². The minimum atomic E-state index is -0.855. The predicted molar refractivity (Wildman–Crippen MR) is 59.8 cm³/mol. The van der Waals surface area contributed by atoms with E-state index in [2.05, 4.69) is 6.08 Å². The minimum Gasteiger partial charge on any atom is -0.465 e. The van der Waals surface area contributed by atoms with Crippen molar-refractivity contribution in [1.82, 2.24) is 0 Å². The number of ketones is 1. The maximum Gasteiger partial charge on any atom is 0.319 e. The van der Waals surface area contributed by atoms with Crippen LogP contribution in [0, 0.1) is 11.3 Å². The molecule has 2 aliphatic carbocycles. The lowest BCUT2D eigenvalue weighted by Crippen LogP contribution is -2.44. The summed E-state index contributed by atoms with van der Waals surface area (Å²) in [5, 5.41) is 0. The number of rotatable bonds is 2. The van der Waals surface area contributed by atoms with E-state index < -0.39 is 5.41 Å². The quantitative estimate of drug-likeness (QED) is 0.409. The van der Waals surface area contributed by atoms with Gasteiger partial charge in [-0.25, -0.2) is 0 Å². The van der Waals surface area contributed by atoms with E-state index in [1.807, 2.05) is 6.08 Å². The zero-order valence-corrected chi connectivity index (χ0v) is 9.70. The molecular weight excluding hydrogens is 204 g/mol. The molecule has 1 fully saturated rings. The molecule has 0 aromatic rings. The van der Waals surface area contributed by atoms with E-state index in [1.165, 1.54) is 0 Å². The van der Waals surface area contributed by atoms with Gasteiger partial charge in [0.05, 0.1) is 6.61 Å². The van der Waals surface area contributed by atoms with E-state index >= 15 is 0 Å². The molecule has 2 aliphatic rings. The van der Waals surface area contributed by atoms with Crippen LogP contribution >= 0.6 is 0 Å². The molecule has 0 radical (unpaired) electrons. The van der Waals surface area contributed by atoms with E-state index in [9.17, 15) is 9.59 Å². The predicted octanol–water partition coefficient (Wildman–Crippen LogP) is 2.26. The Kier molecular flexibility index (Phi) is 3.13. The normalized spacial score (nSPS) is 33.3.